The van der Waals surface area contributed by atoms with E-state index in [4.69, 9.17) is 0 Å². The average Bonchev–Trinajstić information content (AvgIpc) is 3.08. The minimum Gasteiger partial charge on any atom is -0.342 e. The lowest BCUT2D eigenvalue weighted by Crippen LogP contribution is -2.54. The number of hydrogen-bond acceptors (Lipinski definition) is 4. The maximum Gasteiger partial charge on any atom is 0.244 e. The van der Waals surface area contributed by atoms with Gasteiger partial charge in [0, 0.05) is 39.3 Å². The van der Waals surface area contributed by atoms with E-state index in [-0.39, 0.29) is 17.9 Å². The highest BCUT2D eigenvalue weighted by molar-refractivity contribution is 5.83. The third-order valence-electron chi connectivity index (χ3n) is 6.53. The van der Waals surface area contributed by atoms with E-state index in [0.717, 1.165) is 57.7 Å². The molecule has 2 heterocycles. The Morgan fingerprint density at radius 1 is 0.833 bits per heavy atom. The first-order valence-electron chi connectivity index (χ1n) is 11.7. The zero-order valence-electron chi connectivity index (χ0n) is 18.8. The van der Waals surface area contributed by atoms with Gasteiger partial charge < -0.3 is 9.80 Å². The number of rotatable bonds is 7. The Hall–Kier alpha value is -1.92. The number of amides is 2. The molecule has 1 aromatic carbocycles. The van der Waals surface area contributed by atoms with Gasteiger partial charge >= 0.3 is 0 Å². The largest absolute Gasteiger partial charge is 0.342 e. The number of nitrogens with zero attached hydrogens (tertiary/aromatic N) is 4. The van der Waals surface area contributed by atoms with Crippen molar-refractivity contribution in [3.63, 3.8) is 0 Å². The molecule has 6 heteroatoms. The second kappa shape index (κ2) is 11.5. The molecule has 2 fully saturated rings. The van der Waals surface area contributed by atoms with Crippen LogP contribution in [0.15, 0.2) is 30.3 Å². The molecule has 1 atom stereocenters. The number of carbonyl (C=O) groups excluding carboxylic acids is 2. The Balaban J connectivity index is 1.57. The zero-order chi connectivity index (χ0) is 21.3. The van der Waals surface area contributed by atoms with Crippen molar-refractivity contribution in [2.24, 2.45) is 0 Å². The van der Waals surface area contributed by atoms with E-state index in [0.29, 0.717) is 19.6 Å². The van der Waals surface area contributed by atoms with Crippen molar-refractivity contribution in [2.45, 2.75) is 45.6 Å². The van der Waals surface area contributed by atoms with E-state index < -0.39 is 0 Å². The van der Waals surface area contributed by atoms with Crippen LogP contribution in [0.25, 0.3) is 0 Å². The molecule has 0 aliphatic carbocycles. The fourth-order valence-electron chi connectivity index (χ4n) is 4.64. The molecule has 2 aliphatic rings. The lowest BCUT2D eigenvalue weighted by molar-refractivity contribution is -0.139. The molecular formula is C24H38N4O2. The summed E-state index contributed by atoms with van der Waals surface area (Å²) in [6.07, 6.45) is 4.72. The molecule has 2 amide bonds. The monoisotopic (exact) mass is 414 g/mol. The van der Waals surface area contributed by atoms with E-state index in [2.05, 4.69) is 35.8 Å². The molecule has 2 aliphatic heterocycles. The van der Waals surface area contributed by atoms with E-state index in [1.807, 2.05) is 28.0 Å². The van der Waals surface area contributed by atoms with Crippen LogP contribution in [0.1, 0.15) is 51.1 Å². The second-order valence-electron chi connectivity index (χ2n) is 8.43. The van der Waals surface area contributed by atoms with Gasteiger partial charge in [0.2, 0.25) is 11.8 Å². The van der Waals surface area contributed by atoms with Gasteiger partial charge in [-0.3, -0.25) is 19.4 Å². The van der Waals surface area contributed by atoms with Crippen molar-refractivity contribution in [1.82, 2.24) is 19.6 Å². The molecule has 0 N–H and O–H groups in total. The average molecular weight is 415 g/mol. The van der Waals surface area contributed by atoms with Gasteiger partial charge in [-0.1, -0.05) is 57.0 Å². The van der Waals surface area contributed by atoms with Crippen LogP contribution in [0.5, 0.6) is 0 Å². The molecule has 0 spiro atoms. The summed E-state index contributed by atoms with van der Waals surface area (Å²) in [6, 6.07) is 9.88. The van der Waals surface area contributed by atoms with Crippen molar-refractivity contribution >= 4 is 11.8 Å². The highest BCUT2D eigenvalue weighted by Crippen LogP contribution is 2.24. The Kier molecular flexibility index (Phi) is 8.70. The Morgan fingerprint density at radius 3 is 2.00 bits per heavy atom. The van der Waals surface area contributed by atoms with Gasteiger partial charge in [-0.15, -0.1) is 0 Å². The minimum atomic E-state index is -0.230. The number of hydrogen-bond donors (Lipinski definition) is 0. The molecule has 166 valence electrons. The van der Waals surface area contributed by atoms with E-state index in [1.54, 1.807) is 0 Å². The van der Waals surface area contributed by atoms with Crippen LogP contribution < -0.4 is 0 Å². The van der Waals surface area contributed by atoms with Crippen molar-refractivity contribution in [2.75, 3.05) is 58.9 Å². The van der Waals surface area contributed by atoms with Gasteiger partial charge in [0.25, 0.3) is 0 Å². The van der Waals surface area contributed by atoms with E-state index >= 15 is 0 Å². The Bertz CT molecular complexity index is 661. The molecule has 0 radical (unpaired) electrons. The van der Waals surface area contributed by atoms with Crippen LogP contribution in [0, 0.1) is 0 Å². The summed E-state index contributed by atoms with van der Waals surface area (Å²) in [4.78, 5) is 34.6. The first kappa shape index (κ1) is 22.8. The highest BCUT2D eigenvalue weighted by atomic mass is 16.2. The van der Waals surface area contributed by atoms with Gasteiger partial charge in [-0.25, -0.2) is 0 Å². The first-order valence-corrected chi connectivity index (χ1v) is 11.7. The predicted molar refractivity (Wildman–Crippen MR) is 120 cm³/mol. The van der Waals surface area contributed by atoms with Crippen molar-refractivity contribution < 1.29 is 9.59 Å². The van der Waals surface area contributed by atoms with Crippen LogP contribution >= 0.6 is 0 Å². The normalized spacial score (nSPS) is 19.6. The molecular weight excluding hydrogens is 376 g/mol. The van der Waals surface area contributed by atoms with Gasteiger partial charge in [-0.2, -0.15) is 0 Å². The fraction of sp³-hybridized carbons (Fsp3) is 0.667. The molecule has 0 bridgehead atoms. The lowest BCUT2D eigenvalue weighted by atomic mass is 10.0. The van der Waals surface area contributed by atoms with Crippen molar-refractivity contribution in [1.29, 1.82) is 0 Å². The molecule has 1 unspecified atom stereocenters. The topological polar surface area (TPSA) is 47.1 Å². The van der Waals surface area contributed by atoms with Crippen LogP contribution in [-0.2, 0) is 9.59 Å². The second-order valence-corrected chi connectivity index (χ2v) is 8.43. The quantitative estimate of drug-likeness (QED) is 0.688. The van der Waals surface area contributed by atoms with E-state index in [1.165, 1.54) is 12.8 Å². The van der Waals surface area contributed by atoms with Crippen LogP contribution in [0.4, 0.5) is 0 Å². The summed E-state index contributed by atoms with van der Waals surface area (Å²) in [5, 5.41) is 0. The Morgan fingerprint density at radius 2 is 1.43 bits per heavy atom. The van der Waals surface area contributed by atoms with Crippen LogP contribution in [0.2, 0.25) is 0 Å². The van der Waals surface area contributed by atoms with Gasteiger partial charge in [0.1, 0.15) is 6.04 Å². The molecule has 3 rings (SSSR count). The first-order chi connectivity index (χ1) is 14.6. The SMILES string of the molecule is CCN(CC)C(C(=O)N1CCN(CC(=O)N2CCCCCC2)CC1)c1ccccc1. The number of carbonyl (C=O) groups is 2. The summed E-state index contributed by atoms with van der Waals surface area (Å²) in [5.41, 5.74) is 1.06. The number of benzene rings is 1. The smallest absolute Gasteiger partial charge is 0.244 e. The van der Waals surface area contributed by atoms with Crippen molar-refractivity contribution in [3.05, 3.63) is 35.9 Å². The summed E-state index contributed by atoms with van der Waals surface area (Å²) in [5.74, 6) is 0.436. The third-order valence-corrected chi connectivity index (χ3v) is 6.53. The summed E-state index contributed by atoms with van der Waals surface area (Å²) in [7, 11) is 0. The maximum atomic E-state index is 13.5. The van der Waals surface area contributed by atoms with Gasteiger partial charge in [0.15, 0.2) is 0 Å². The molecule has 30 heavy (non-hydrogen) atoms. The molecule has 1 aromatic rings. The number of piperazine rings is 1. The molecule has 0 aromatic heterocycles. The summed E-state index contributed by atoms with van der Waals surface area (Å²) < 4.78 is 0. The molecule has 2 saturated heterocycles. The summed E-state index contributed by atoms with van der Waals surface area (Å²) in [6.45, 7) is 11.1. The highest BCUT2D eigenvalue weighted by Gasteiger charge is 2.32. The van der Waals surface area contributed by atoms with Gasteiger partial charge in [0.05, 0.1) is 6.54 Å². The third kappa shape index (κ3) is 5.82. The number of likely N-dealkylation sites (N-methyl/N-ethyl adjacent to an activating group) is 1. The molecule has 0 saturated carbocycles. The van der Waals surface area contributed by atoms with E-state index in [9.17, 15) is 9.59 Å². The predicted octanol–water partition coefficient (Wildman–Crippen LogP) is 2.62. The van der Waals surface area contributed by atoms with Crippen LogP contribution in [-0.4, -0.2) is 90.3 Å². The van der Waals surface area contributed by atoms with Crippen molar-refractivity contribution in [3.8, 4) is 0 Å². The number of likely N-dealkylation sites (tertiary alicyclic amines) is 1. The standard InChI is InChI=1S/C24H38N4O2/c1-3-26(4-2)23(21-12-8-7-9-13-21)24(30)28-18-16-25(17-19-28)20-22(29)27-14-10-5-6-11-15-27/h7-9,12-13,23H,3-6,10-11,14-20H2,1-2H3. The maximum absolute atomic E-state index is 13.5. The summed E-state index contributed by atoms with van der Waals surface area (Å²) >= 11 is 0. The fourth-order valence-corrected chi connectivity index (χ4v) is 4.64. The molecule has 6 nitrogen and oxygen atoms in total. The Labute approximate surface area is 181 Å². The van der Waals surface area contributed by atoms with Crippen LogP contribution in [0.3, 0.4) is 0 Å². The minimum absolute atomic E-state index is 0.184. The zero-order valence-corrected chi connectivity index (χ0v) is 18.8. The lowest BCUT2D eigenvalue weighted by Gasteiger charge is -2.39. The van der Waals surface area contributed by atoms with Gasteiger partial charge in [-0.05, 0) is 31.5 Å².